The van der Waals surface area contributed by atoms with Crippen molar-refractivity contribution in [1.29, 1.82) is 0 Å². The summed E-state index contributed by atoms with van der Waals surface area (Å²) in [5, 5.41) is 0. The summed E-state index contributed by atoms with van der Waals surface area (Å²) in [4.78, 5) is 33.3. The highest BCUT2D eigenvalue weighted by Crippen LogP contribution is 2.29. The fourth-order valence-electron chi connectivity index (χ4n) is 3.19. The summed E-state index contributed by atoms with van der Waals surface area (Å²) in [6.45, 7) is 1.16. The highest BCUT2D eigenvalue weighted by Gasteiger charge is 2.29. The first-order valence-corrected chi connectivity index (χ1v) is 8.05. The Kier molecular flexibility index (Phi) is 3.65. The molecule has 1 aliphatic rings. The number of hydrogen-bond acceptors (Lipinski definition) is 4. The zero-order valence-corrected chi connectivity index (χ0v) is 13.1. The summed E-state index contributed by atoms with van der Waals surface area (Å²) < 4.78 is 5.85. The minimum atomic E-state index is -0.355. The van der Waals surface area contributed by atoms with E-state index < -0.39 is 0 Å². The Morgan fingerprint density at radius 1 is 1.25 bits per heavy atom. The molecule has 0 unspecified atom stereocenters. The molecule has 1 aromatic carbocycles. The Labute approximate surface area is 138 Å². The molecule has 1 atom stereocenters. The molecule has 3 aromatic rings. The van der Waals surface area contributed by atoms with E-state index in [0.29, 0.717) is 19.0 Å². The van der Waals surface area contributed by atoms with Crippen LogP contribution in [-0.4, -0.2) is 33.9 Å². The van der Waals surface area contributed by atoms with E-state index in [1.807, 2.05) is 24.3 Å². The maximum Gasteiger partial charge on any atom is 0.260 e. The number of rotatable bonds is 2. The molecule has 1 fully saturated rings. The molecular formula is C18H17N3O3. The van der Waals surface area contributed by atoms with E-state index in [2.05, 4.69) is 9.97 Å². The lowest BCUT2D eigenvalue weighted by molar-refractivity contribution is 0.0697. The molecular weight excluding hydrogens is 306 g/mol. The number of carbonyl (C=O) groups is 1. The molecule has 24 heavy (non-hydrogen) atoms. The summed E-state index contributed by atoms with van der Waals surface area (Å²) >= 11 is 0. The van der Waals surface area contributed by atoms with Crippen LogP contribution in [0.2, 0.25) is 0 Å². The Balaban J connectivity index is 1.58. The molecule has 0 saturated carbocycles. The monoisotopic (exact) mass is 323 g/mol. The molecule has 0 aliphatic carbocycles. The molecule has 0 spiro atoms. The van der Waals surface area contributed by atoms with Crippen LogP contribution in [-0.2, 0) is 0 Å². The SMILES string of the molecule is O=C(c1ccc[nH]c1=O)N1CCC[C@@H](c2nc3ccccc3o2)C1. The van der Waals surface area contributed by atoms with Gasteiger partial charge in [-0.3, -0.25) is 9.59 Å². The number of piperidine rings is 1. The van der Waals surface area contributed by atoms with Crippen LogP contribution in [0.4, 0.5) is 0 Å². The number of para-hydroxylation sites is 2. The topological polar surface area (TPSA) is 79.2 Å². The number of likely N-dealkylation sites (tertiary alicyclic amines) is 1. The minimum absolute atomic E-state index is 0.0536. The van der Waals surface area contributed by atoms with Crippen LogP contribution in [0.5, 0.6) is 0 Å². The van der Waals surface area contributed by atoms with Crippen LogP contribution >= 0.6 is 0 Å². The number of nitrogens with zero attached hydrogens (tertiary/aromatic N) is 2. The molecule has 1 amide bonds. The van der Waals surface area contributed by atoms with Gasteiger partial charge in [-0.1, -0.05) is 12.1 Å². The van der Waals surface area contributed by atoms with E-state index in [4.69, 9.17) is 4.42 Å². The molecule has 1 N–H and O–H groups in total. The zero-order chi connectivity index (χ0) is 16.5. The fourth-order valence-corrected chi connectivity index (χ4v) is 3.19. The van der Waals surface area contributed by atoms with Crippen molar-refractivity contribution in [2.24, 2.45) is 0 Å². The molecule has 6 nitrogen and oxygen atoms in total. The summed E-state index contributed by atoms with van der Waals surface area (Å²) in [6, 6.07) is 10.9. The van der Waals surface area contributed by atoms with Gasteiger partial charge in [-0.15, -0.1) is 0 Å². The highest BCUT2D eigenvalue weighted by molar-refractivity contribution is 5.93. The van der Waals surface area contributed by atoms with Crippen LogP contribution in [0.3, 0.4) is 0 Å². The van der Waals surface area contributed by atoms with Crippen molar-refractivity contribution in [3.63, 3.8) is 0 Å². The third kappa shape index (κ3) is 2.60. The molecule has 1 aliphatic heterocycles. The maximum absolute atomic E-state index is 12.6. The van der Waals surface area contributed by atoms with E-state index in [0.717, 1.165) is 23.9 Å². The van der Waals surface area contributed by atoms with Gasteiger partial charge in [0.1, 0.15) is 11.1 Å². The van der Waals surface area contributed by atoms with Crippen molar-refractivity contribution < 1.29 is 9.21 Å². The molecule has 6 heteroatoms. The van der Waals surface area contributed by atoms with Gasteiger partial charge in [-0.05, 0) is 37.1 Å². The van der Waals surface area contributed by atoms with E-state index in [-0.39, 0.29) is 22.9 Å². The molecule has 1 saturated heterocycles. The lowest BCUT2D eigenvalue weighted by Gasteiger charge is -2.31. The number of fused-ring (bicyclic) bond motifs is 1. The first-order chi connectivity index (χ1) is 11.7. The number of nitrogens with one attached hydrogen (secondary N) is 1. The van der Waals surface area contributed by atoms with E-state index in [9.17, 15) is 9.59 Å². The van der Waals surface area contributed by atoms with Gasteiger partial charge in [0.05, 0.1) is 5.92 Å². The number of pyridine rings is 1. The van der Waals surface area contributed by atoms with Crippen molar-refractivity contribution in [2.45, 2.75) is 18.8 Å². The number of H-pyrrole nitrogens is 1. The summed E-state index contributed by atoms with van der Waals surface area (Å²) in [7, 11) is 0. The smallest absolute Gasteiger partial charge is 0.260 e. The van der Waals surface area contributed by atoms with Crippen molar-refractivity contribution >= 4 is 17.0 Å². The predicted molar refractivity (Wildman–Crippen MR) is 89.0 cm³/mol. The van der Waals surface area contributed by atoms with Crippen LogP contribution in [0.15, 0.2) is 51.8 Å². The quantitative estimate of drug-likeness (QED) is 0.786. The first-order valence-electron chi connectivity index (χ1n) is 8.05. The lowest BCUT2D eigenvalue weighted by Crippen LogP contribution is -2.41. The Morgan fingerprint density at radius 2 is 2.12 bits per heavy atom. The number of amides is 1. The minimum Gasteiger partial charge on any atom is -0.440 e. The number of carbonyl (C=O) groups excluding carboxylic acids is 1. The van der Waals surface area contributed by atoms with Crippen LogP contribution in [0.1, 0.15) is 35.0 Å². The standard InChI is InChI=1S/C18H17N3O3/c22-16-13(6-3-9-19-16)18(23)21-10-4-5-12(11-21)17-20-14-7-1-2-8-15(14)24-17/h1-3,6-9,12H,4-5,10-11H2,(H,19,22)/t12-/m1/s1. The number of aromatic amines is 1. The second kappa shape index (κ2) is 5.96. The predicted octanol–water partition coefficient (Wildman–Crippen LogP) is 2.54. The van der Waals surface area contributed by atoms with Gasteiger partial charge in [-0.2, -0.15) is 0 Å². The maximum atomic E-state index is 12.6. The third-order valence-electron chi connectivity index (χ3n) is 4.42. The van der Waals surface area contributed by atoms with Crippen molar-refractivity contribution in [3.05, 3.63) is 64.4 Å². The van der Waals surface area contributed by atoms with E-state index in [1.165, 1.54) is 6.20 Å². The van der Waals surface area contributed by atoms with Crippen LogP contribution < -0.4 is 5.56 Å². The molecule has 2 aromatic heterocycles. The van der Waals surface area contributed by atoms with Gasteiger partial charge in [0.2, 0.25) is 0 Å². The Morgan fingerprint density at radius 3 is 2.96 bits per heavy atom. The van der Waals surface area contributed by atoms with Crippen molar-refractivity contribution in [3.8, 4) is 0 Å². The summed E-state index contributed by atoms with van der Waals surface area (Å²) in [5.74, 6) is 0.478. The second-order valence-corrected chi connectivity index (χ2v) is 6.02. The normalized spacial score (nSPS) is 18.0. The molecule has 4 rings (SSSR count). The van der Waals surface area contributed by atoms with Crippen LogP contribution in [0, 0.1) is 0 Å². The Hall–Kier alpha value is -2.89. The van der Waals surface area contributed by atoms with Gasteiger partial charge in [0.25, 0.3) is 11.5 Å². The van der Waals surface area contributed by atoms with Gasteiger partial charge in [0.15, 0.2) is 11.5 Å². The summed E-state index contributed by atoms with van der Waals surface area (Å²) in [6.07, 6.45) is 3.30. The highest BCUT2D eigenvalue weighted by atomic mass is 16.3. The molecule has 3 heterocycles. The van der Waals surface area contributed by atoms with Crippen LogP contribution in [0.25, 0.3) is 11.1 Å². The van der Waals surface area contributed by atoms with Gasteiger partial charge in [-0.25, -0.2) is 4.98 Å². The largest absolute Gasteiger partial charge is 0.440 e. The third-order valence-corrected chi connectivity index (χ3v) is 4.42. The van der Waals surface area contributed by atoms with E-state index in [1.54, 1.807) is 17.0 Å². The second-order valence-electron chi connectivity index (χ2n) is 6.02. The number of benzene rings is 1. The average Bonchev–Trinajstić information content (AvgIpc) is 3.06. The van der Waals surface area contributed by atoms with E-state index >= 15 is 0 Å². The fraction of sp³-hybridized carbons (Fsp3) is 0.278. The number of aromatic nitrogens is 2. The number of hydrogen-bond donors (Lipinski definition) is 1. The van der Waals surface area contributed by atoms with Gasteiger partial charge >= 0.3 is 0 Å². The molecule has 0 radical (unpaired) electrons. The van der Waals surface area contributed by atoms with Crippen molar-refractivity contribution in [1.82, 2.24) is 14.9 Å². The van der Waals surface area contributed by atoms with Gasteiger partial charge < -0.3 is 14.3 Å². The Bertz CT molecular complexity index is 911. The van der Waals surface area contributed by atoms with Gasteiger partial charge in [0, 0.05) is 19.3 Å². The summed E-state index contributed by atoms with van der Waals surface area (Å²) in [5.41, 5.74) is 1.41. The average molecular weight is 323 g/mol. The molecule has 122 valence electrons. The first kappa shape index (κ1) is 14.7. The van der Waals surface area contributed by atoms with Crippen molar-refractivity contribution in [2.75, 3.05) is 13.1 Å². The molecule has 0 bridgehead atoms. The number of oxazole rings is 1. The lowest BCUT2D eigenvalue weighted by atomic mass is 9.97. The zero-order valence-electron chi connectivity index (χ0n) is 13.1.